The number of piperidine rings is 2. The second-order valence-corrected chi connectivity index (χ2v) is 9.74. The van der Waals surface area contributed by atoms with Crippen LogP contribution in [-0.2, 0) is 14.3 Å². The van der Waals surface area contributed by atoms with Crippen LogP contribution in [0.15, 0.2) is 61.1 Å². The van der Waals surface area contributed by atoms with E-state index in [1.807, 2.05) is 69.2 Å². The normalized spacial score (nSPS) is 21.7. The molecule has 188 valence electrons. The fourth-order valence-electron chi connectivity index (χ4n) is 5.62. The van der Waals surface area contributed by atoms with Crippen LogP contribution in [0.3, 0.4) is 0 Å². The highest BCUT2D eigenvalue weighted by atomic mass is 16.7. The van der Waals surface area contributed by atoms with Crippen LogP contribution >= 0.6 is 0 Å². The third-order valence-electron chi connectivity index (χ3n) is 7.53. The molecule has 3 aliphatic rings. The van der Waals surface area contributed by atoms with Crippen LogP contribution in [0.25, 0.3) is 11.5 Å². The second-order valence-electron chi connectivity index (χ2n) is 9.74. The zero-order valence-corrected chi connectivity index (χ0v) is 20.3. The molecule has 2 amide bonds. The van der Waals surface area contributed by atoms with Crippen molar-refractivity contribution in [3.05, 3.63) is 66.6 Å². The lowest BCUT2D eigenvalue weighted by Crippen LogP contribution is -2.51. The van der Waals surface area contributed by atoms with E-state index in [0.29, 0.717) is 63.6 Å². The SMILES string of the molecule is O=C(c1cnn(-c2ccccc2)c1-n1cccc1)N1CCC[C@H](C(=O)N2CCC3(CC2)OCCO3)C1. The van der Waals surface area contributed by atoms with Crippen molar-refractivity contribution < 1.29 is 19.1 Å². The fraction of sp³-hybridized carbons (Fsp3) is 0.444. The number of hydrogen-bond acceptors (Lipinski definition) is 5. The molecule has 3 fully saturated rings. The maximum Gasteiger partial charge on any atom is 0.259 e. The van der Waals surface area contributed by atoms with Gasteiger partial charge in [-0.2, -0.15) is 5.10 Å². The first-order valence-corrected chi connectivity index (χ1v) is 12.8. The molecule has 1 spiro atoms. The van der Waals surface area contributed by atoms with E-state index >= 15 is 0 Å². The first-order chi connectivity index (χ1) is 17.6. The highest BCUT2D eigenvalue weighted by Crippen LogP contribution is 2.33. The Morgan fingerprint density at radius 1 is 0.917 bits per heavy atom. The second kappa shape index (κ2) is 9.55. The van der Waals surface area contributed by atoms with Crippen LogP contribution in [0.5, 0.6) is 0 Å². The molecule has 0 N–H and O–H groups in total. The monoisotopic (exact) mass is 489 g/mol. The lowest BCUT2D eigenvalue weighted by atomic mass is 9.94. The van der Waals surface area contributed by atoms with Gasteiger partial charge in [-0.05, 0) is 37.1 Å². The van der Waals surface area contributed by atoms with Crippen molar-refractivity contribution in [1.29, 1.82) is 0 Å². The largest absolute Gasteiger partial charge is 0.347 e. The van der Waals surface area contributed by atoms with E-state index in [0.717, 1.165) is 18.5 Å². The summed E-state index contributed by atoms with van der Waals surface area (Å²) in [5.41, 5.74) is 1.41. The van der Waals surface area contributed by atoms with Gasteiger partial charge in [0.1, 0.15) is 5.56 Å². The van der Waals surface area contributed by atoms with Crippen molar-refractivity contribution in [2.45, 2.75) is 31.5 Å². The molecule has 3 aliphatic heterocycles. The summed E-state index contributed by atoms with van der Waals surface area (Å²) in [6, 6.07) is 13.6. The molecule has 5 heterocycles. The minimum Gasteiger partial charge on any atom is -0.347 e. The maximum absolute atomic E-state index is 13.8. The highest BCUT2D eigenvalue weighted by Gasteiger charge is 2.42. The number of carbonyl (C=O) groups excluding carboxylic acids is 2. The van der Waals surface area contributed by atoms with Gasteiger partial charge in [0.05, 0.1) is 31.0 Å². The van der Waals surface area contributed by atoms with Gasteiger partial charge in [0.25, 0.3) is 5.91 Å². The molecule has 0 saturated carbocycles. The van der Waals surface area contributed by atoms with Crippen molar-refractivity contribution >= 4 is 11.8 Å². The lowest BCUT2D eigenvalue weighted by molar-refractivity contribution is -0.188. The molecule has 0 radical (unpaired) electrons. The fourth-order valence-corrected chi connectivity index (χ4v) is 5.62. The number of carbonyl (C=O) groups is 2. The van der Waals surface area contributed by atoms with E-state index in [4.69, 9.17) is 9.47 Å². The highest BCUT2D eigenvalue weighted by molar-refractivity contribution is 5.97. The quantitative estimate of drug-likeness (QED) is 0.563. The number of nitrogens with zero attached hydrogens (tertiary/aromatic N) is 5. The molecule has 0 aliphatic carbocycles. The van der Waals surface area contributed by atoms with Crippen LogP contribution in [0.2, 0.25) is 0 Å². The standard InChI is InChI=1S/C27H31N5O4/c33-25(30-15-10-27(11-16-30)35-17-18-36-27)21-7-6-14-31(20-21)26(34)23-19-28-32(22-8-2-1-3-9-22)24(23)29-12-4-5-13-29/h1-5,8-9,12-13,19,21H,6-7,10-11,14-18,20H2/t21-/m0/s1. The van der Waals surface area contributed by atoms with Crippen molar-refractivity contribution in [3.63, 3.8) is 0 Å². The average Bonchev–Trinajstić information content (AvgIpc) is 3.70. The topological polar surface area (TPSA) is 81.8 Å². The zero-order chi connectivity index (χ0) is 24.5. The van der Waals surface area contributed by atoms with Gasteiger partial charge in [-0.3, -0.25) is 9.59 Å². The Labute approximate surface area is 210 Å². The smallest absolute Gasteiger partial charge is 0.259 e. The number of rotatable bonds is 4. The minimum atomic E-state index is -0.501. The van der Waals surface area contributed by atoms with Crippen LogP contribution in [0.4, 0.5) is 0 Å². The van der Waals surface area contributed by atoms with Crippen molar-refractivity contribution in [2.24, 2.45) is 5.92 Å². The number of para-hydroxylation sites is 1. The number of ether oxygens (including phenoxy) is 2. The van der Waals surface area contributed by atoms with E-state index in [9.17, 15) is 9.59 Å². The molecule has 3 saturated heterocycles. The summed E-state index contributed by atoms with van der Waals surface area (Å²) >= 11 is 0. The molecule has 0 bridgehead atoms. The first kappa shape index (κ1) is 23.0. The van der Waals surface area contributed by atoms with Crippen molar-refractivity contribution in [2.75, 3.05) is 39.4 Å². The Hall–Kier alpha value is -3.43. The van der Waals surface area contributed by atoms with Crippen LogP contribution in [0.1, 0.15) is 36.0 Å². The number of likely N-dealkylation sites (tertiary alicyclic amines) is 2. The van der Waals surface area contributed by atoms with Gasteiger partial charge in [0.2, 0.25) is 5.91 Å². The Kier molecular flexibility index (Phi) is 6.10. The molecule has 1 aromatic carbocycles. The van der Waals surface area contributed by atoms with Gasteiger partial charge in [0, 0.05) is 51.4 Å². The summed E-state index contributed by atoms with van der Waals surface area (Å²) < 4.78 is 15.3. The number of benzene rings is 1. The van der Waals surface area contributed by atoms with E-state index in [-0.39, 0.29) is 17.7 Å². The zero-order valence-electron chi connectivity index (χ0n) is 20.3. The van der Waals surface area contributed by atoms with E-state index in [2.05, 4.69) is 5.10 Å². The van der Waals surface area contributed by atoms with Gasteiger partial charge in [-0.1, -0.05) is 18.2 Å². The van der Waals surface area contributed by atoms with Crippen LogP contribution in [0, 0.1) is 5.92 Å². The first-order valence-electron chi connectivity index (χ1n) is 12.8. The summed E-state index contributed by atoms with van der Waals surface area (Å²) in [7, 11) is 0. The summed E-state index contributed by atoms with van der Waals surface area (Å²) in [5.74, 6) is 0.0395. The molecule has 1 atom stereocenters. The summed E-state index contributed by atoms with van der Waals surface area (Å²) in [6.45, 7) is 3.57. The van der Waals surface area contributed by atoms with Crippen molar-refractivity contribution in [3.8, 4) is 11.5 Å². The third-order valence-corrected chi connectivity index (χ3v) is 7.53. The molecule has 36 heavy (non-hydrogen) atoms. The molecule has 6 rings (SSSR count). The summed E-state index contributed by atoms with van der Waals surface area (Å²) in [4.78, 5) is 30.9. The third kappa shape index (κ3) is 4.22. The maximum atomic E-state index is 13.8. The number of amides is 2. The Morgan fingerprint density at radius 3 is 2.36 bits per heavy atom. The van der Waals surface area contributed by atoms with E-state index in [1.54, 1.807) is 10.9 Å². The van der Waals surface area contributed by atoms with Gasteiger partial charge in [-0.25, -0.2) is 4.68 Å². The van der Waals surface area contributed by atoms with E-state index < -0.39 is 5.79 Å². The Balaban J connectivity index is 1.20. The summed E-state index contributed by atoms with van der Waals surface area (Å²) in [6.07, 6.45) is 8.47. The van der Waals surface area contributed by atoms with Crippen LogP contribution < -0.4 is 0 Å². The average molecular weight is 490 g/mol. The lowest BCUT2D eigenvalue weighted by Gasteiger charge is -2.40. The van der Waals surface area contributed by atoms with Gasteiger partial charge in [-0.15, -0.1) is 0 Å². The number of hydrogen-bond donors (Lipinski definition) is 0. The van der Waals surface area contributed by atoms with E-state index in [1.165, 1.54) is 0 Å². The van der Waals surface area contributed by atoms with Gasteiger partial charge in [0.15, 0.2) is 11.6 Å². The minimum absolute atomic E-state index is 0.0938. The molecule has 0 unspecified atom stereocenters. The predicted octanol–water partition coefficient (Wildman–Crippen LogP) is 2.88. The Bertz CT molecular complexity index is 1210. The number of aromatic nitrogens is 3. The predicted molar refractivity (Wildman–Crippen MR) is 132 cm³/mol. The van der Waals surface area contributed by atoms with Crippen molar-refractivity contribution in [1.82, 2.24) is 24.1 Å². The molecular weight excluding hydrogens is 458 g/mol. The van der Waals surface area contributed by atoms with Gasteiger partial charge < -0.3 is 23.8 Å². The molecule has 2 aromatic heterocycles. The molecule has 3 aromatic rings. The molecular formula is C27H31N5O4. The summed E-state index contributed by atoms with van der Waals surface area (Å²) in [5, 5.41) is 4.57. The van der Waals surface area contributed by atoms with Gasteiger partial charge >= 0.3 is 0 Å². The molecule has 9 heteroatoms. The van der Waals surface area contributed by atoms with Crippen LogP contribution in [-0.4, -0.2) is 81.1 Å². The molecule has 9 nitrogen and oxygen atoms in total. The Morgan fingerprint density at radius 2 is 1.64 bits per heavy atom.